The first-order valence-corrected chi connectivity index (χ1v) is 9.63. The molecule has 1 amide bonds. The van der Waals surface area contributed by atoms with Crippen molar-refractivity contribution in [3.05, 3.63) is 62.1 Å². The van der Waals surface area contributed by atoms with E-state index in [1.807, 2.05) is 0 Å². The van der Waals surface area contributed by atoms with Crippen LogP contribution in [0.25, 0.3) is 11.4 Å². The van der Waals surface area contributed by atoms with Crippen molar-refractivity contribution in [2.75, 3.05) is 11.1 Å². The van der Waals surface area contributed by atoms with Gasteiger partial charge in [-0.3, -0.25) is 20.0 Å². The second-order valence-corrected chi connectivity index (χ2v) is 7.49. The molecule has 0 atom stereocenters. The number of nitrogens with zero attached hydrogens (tertiary/aromatic N) is 3. The van der Waals surface area contributed by atoms with E-state index in [1.165, 1.54) is 12.1 Å². The van der Waals surface area contributed by atoms with E-state index >= 15 is 0 Å². The Morgan fingerprint density at radius 2 is 2.07 bits per heavy atom. The highest BCUT2D eigenvalue weighted by Gasteiger charge is 2.17. The summed E-state index contributed by atoms with van der Waals surface area (Å²) < 4.78 is 0. The maximum absolute atomic E-state index is 12.2. The molecule has 0 saturated carbocycles. The molecule has 2 N–H and O–H groups in total. The SMILES string of the molecule is Cc1ccc(NC(=O)CSc2n[nH]c(-c3ccc(Cl)cc3Cl)n2)c([N+](=O)[O-])c1. The third-order valence-corrected chi connectivity index (χ3v) is 5.00. The molecular weight excluding hydrogens is 425 g/mol. The molecule has 0 unspecified atom stereocenters. The Kier molecular flexibility index (Phi) is 6.18. The van der Waals surface area contributed by atoms with Crippen LogP contribution in [0.15, 0.2) is 41.6 Å². The number of benzene rings is 2. The lowest BCUT2D eigenvalue weighted by Crippen LogP contribution is -2.15. The molecule has 0 aliphatic carbocycles. The molecule has 3 rings (SSSR count). The quantitative estimate of drug-likeness (QED) is 0.327. The summed E-state index contributed by atoms with van der Waals surface area (Å²) in [7, 11) is 0. The second-order valence-electron chi connectivity index (χ2n) is 5.71. The van der Waals surface area contributed by atoms with Gasteiger partial charge in [-0.1, -0.05) is 41.0 Å². The van der Waals surface area contributed by atoms with Crippen LogP contribution < -0.4 is 5.32 Å². The number of aromatic nitrogens is 3. The number of H-pyrrole nitrogens is 1. The number of nitro groups is 1. The van der Waals surface area contributed by atoms with Crippen molar-refractivity contribution in [2.45, 2.75) is 12.1 Å². The van der Waals surface area contributed by atoms with E-state index in [2.05, 4.69) is 20.5 Å². The molecule has 0 fully saturated rings. The van der Waals surface area contributed by atoms with Gasteiger partial charge in [-0.25, -0.2) is 4.98 Å². The molecule has 11 heteroatoms. The van der Waals surface area contributed by atoms with Crippen LogP contribution in [0, 0.1) is 17.0 Å². The number of aromatic amines is 1. The maximum atomic E-state index is 12.2. The van der Waals surface area contributed by atoms with E-state index in [1.54, 1.807) is 31.2 Å². The molecule has 8 nitrogen and oxygen atoms in total. The van der Waals surface area contributed by atoms with Crippen LogP contribution in [-0.4, -0.2) is 31.8 Å². The van der Waals surface area contributed by atoms with E-state index in [0.29, 0.717) is 26.6 Å². The zero-order valence-electron chi connectivity index (χ0n) is 14.4. The number of rotatable bonds is 6. The number of carbonyl (C=O) groups is 1. The largest absolute Gasteiger partial charge is 0.320 e. The Balaban J connectivity index is 1.65. The predicted octanol–water partition coefficient (Wildman–Crippen LogP) is 4.73. The maximum Gasteiger partial charge on any atom is 0.293 e. The van der Waals surface area contributed by atoms with Crippen LogP contribution in [0.1, 0.15) is 5.56 Å². The lowest BCUT2D eigenvalue weighted by Gasteiger charge is -2.05. The summed E-state index contributed by atoms with van der Waals surface area (Å²) in [6.07, 6.45) is 0. The zero-order valence-corrected chi connectivity index (χ0v) is 16.7. The molecule has 1 heterocycles. The first-order chi connectivity index (χ1) is 13.3. The topological polar surface area (TPSA) is 114 Å². The number of carbonyl (C=O) groups excluding carboxylic acids is 1. The van der Waals surface area contributed by atoms with Gasteiger partial charge in [-0.2, -0.15) is 0 Å². The highest BCUT2D eigenvalue weighted by molar-refractivity contribution is 7.99. The van der Waals surface area contributed by atoms with E-state index in [4.69, 9.17) is 23.2 Å². The number of hydrogen-bond acceptors (Lipinski definition) is 6. The van der Waals surface area contributed by atoms with E-state index in [-0.39, 0.29) is 17.1 Å². The van der Waals surface area contributed by atoms with Crippen LogP contribution in [0.4, 0.5) is 11.4 Å². The van der Waals surface area contributed by atoms with Gasteiger partial charge < -0.3 is 5.32 Å². The first-order valence-electron chi connectivity index (χ1n) is 7.89. The Hall–Kier alpha value is -2.62. The number of nitro benzene ring substituents is 1. The number of aryl methyl sites for hydroxylation is 1. The fourth-order valence-electron chi connectivity index (χ4n) is 2.33. The van der Waals surface area contributed by atoms with Crippen LogP contribution >= 0.6 is 35.0 Å². The lowest BCUT2D eigenvalue weighted by molar-refractivity contribution is -0.384. The van der Waals surface area contributed by atoms with Crippen LogP contribution in [0.3, 0.4) is 0 Å². The number of amides is 1. The summed E-state index contributed by atoms with van der Waals surface area (Å²) in [6.45, 7) is 1.74. The van der Waals surface area contributed by atoms with Crippen LogP contribution in [0.5, 0.6) is 0 Å². The second kappa shape index (κ2) is 8.59. The number of halogens is 2. The molecule has 3 aromatic rings. The monoisotopic (exact) mass is 437 g/mol. The smallest absolute Gasteiger partial charge is 0.293 e. The Morgan fingerprint density at radius 3 is 2.79 bits per heavy atom. The predicted molar refractivity (Wildman–Crippen MR) is 109 cm³/mol. The molecule has 0 spiro atoms. The standard InChI is InChI=1S/C17H13Cl2N5O3S/c1-9-2-5-13(14(6-9)24(26)27)20-15(25)8-28-17-21-16(22-23-17)11-4-3-10(18)7-12(11)19/h2-7H,8H2,1H3,(H,20,25)(H,21,22,23). The average molecular weight is 438 g/mol. The van der Waals surface area contributed by atoms with Crippen molar-refractivity contribution in [1.82, 2.24) is 15.2 Å². The van der Waals surface area contributed by atoms with E-state index in [9.17, 15) is 14.9 Å². The van der Waals surface area contributed by atoms with Gasteiger partial charge in [-0.15, -0.1) is 5.10 Å². The number of hydrogen-bond donors (Lipinski definition) is 2. The highest BCUT2D eigenvalue weighted by Crippen LogP contribution is 2.29. The minimum atomic E-state index is -0.535. The molecule has 2 aromatic carbocycles. The molecular formula is C17H13Cl2N5O3S. The third-order valence-electron chi connectivity index (χ3n) is 3.61. The van der Waals surface area contributed by atoms with Gasteiger partial charge in [0.05, 0.1) is 15.7 Å². The number of anilines is 1. The minimum absolute atomic E-state index is 0.0172. The Morgan fingerprint density at radius 1 is 1.29 bits per heavy atom. The fourth-order valence-corrected chi connectivity index (χ4v) is 3.42. The summed E-state index contributed by atoms with van der Waals surface area (Å²) in [5.41, 5.74) is 1.35. The summed E-state index contributed by atoms with van der Waals surface area (Å²) in [6, 6.07) is 9.58. The van der Waals surface area contributed by atoms with Gasteiger partial charge in [0.1, 0.15) is 5.69 Å². The van der Waals surface area contributed by atoms with Gasteiger partial charge in [0.2, 0.25) is 11.1 Å². The third kappa shape index (κ3) is 4.80. The molecule has 0 radical (unpaired) electrons. The lowest BCUT2D eigenvalue weighted by atomic mass is 10.2. The Labute approximate surface area is 173 Å². The van der Waals surface area contributed by atoms with Crippen molar-refractivity contribution in [2.24, 2.45) is 0 Å². The molecule has 0 aliphatic rings. The molecule has 144 valence electrons. The molecule has 0 saturated heterocycles. The summed E-state index contributed by atoms with van der Waals surface area (Å²) in [5, 5.41) is 21.7. The van der Waals surface area contributed by atoms with Crippen molar-refractivity contribution >= 4 is 52.2 Å². The Bertz CT molecular complexity index is 1060. The van der Waals surface area contributed by atoms with Gasteiger partial charge in [0, 0.05) is 16.7 Å². The molecule has 0 aliphatic heterocycles. The summed E-state index contributed by atoms with van der Waals surface area (Å²) >= 11 is 13.1. The van der Waals surface area contributed by atoms with Crippen molar-refractivity contribution in [3.63, 3.8) is 0 Å². The van der Waals surface area contributed by atoms with Gasteiger partial charge >= 0.3 is 0 Å². The summed E-state index contributed by atoms with van der Waals surface area (Å²) in [5.74, 6) is 0.0167. The first kappa shape index (κ1) is 20.1. The van der Waals surface area contributed by atoms with Gasteiger partial charge in [0.15, 0.2) is 5.82 Å². The molecule has 28 heavy (non-hydrogen) atoms. The number of nitrogens with one attached hydrogen (secondary N) is 2. The zero-order chi connectivity index (χ0) is 20.3. The highest BCUT2D eigenvalue weighted by atomic mass is 35.5. The minimum Gasteiger partial charge on any atom is -0.320 e. The van der Waals surface area contributed by atoms with Crippen molar-refractivity contribution in [1.29, 1.82) is 0 Å². The normalized spacial score (nSPS) is 10.7. The van der Waals surface area contributed by atoms with E-state index in [0.717, 1.165) is 17.3 Å². The summed E-state index contributed by atoms with van der Waals surface area (Å²) in [4.78, 5) is 27.0. The molecule has 1 aromatic heterocycles. The van der Waals surface area contributed by atoms with Crippen molar-refractivity contribution in [3.8, 4) is 11.4 Å². The van der Waals surface area contributed by atoms with Crippen molar-refractivity contribution < 1.29 is 9.72 Å². The van der Waals surface area contributed by atoms with Gasteiger partial charge in [-0.05, 0) is 36.8 Å². The van der Waals surface area contributed by atoms with E-state index < -0.39 is 10.8 Å². The van der Waals surface area contributed by atoms with Crippen LogP contribution in [-0.2, 0) is 4.79 Å². The number of thioether (sulfide) groups is 1. The average Bonchev–Trinajstić information content (AvgIpc) is 3.10. The molecule has 0 bridgehead atoms. The fraction of sp³-hybridized carbons (Fsp3) is 0.118. The van der Waals surface area contributed by atoms with Crippen LogP contribution in [0.2, 0.25) is 10.0 Å². The van der Waals surface area contributed by atoms with Gasteiger partial charge in [0.25, 0.3) is 5.69 Å².